The highest BCUT2D eigenvalue weighted by Gasteiger charge is 2.13. The van der Waals surface area contributed by atoms with Crippen LogP contribution in [0.1, 0.15) is 22.8 Å². The van der Waals surface area contributed by atoms with Crippen LogP contribution in [-0.2, 0) is 10.5 Å². The van der Waals surface area contributed by atoms with Gasteiger partial charge in [0.1, 0.15) is 0 Å². The SMILES string of the molecule is CCSCc1c[nH]c2c(C(=O)OC)cccc12. The maximum atomic E-state index is 11.6. The largest absolute Gasteiger partial charge is 0.465 e. The van der Waals surface area contributed by atoms with Crippen molar-refractivity contribution in [2.75, 3.05) is 12.9 Å². The summed E-state index contributed by atoms with van der Waals surface area (Å²) in [6, 6.07) is 5.70. The number of hydrogen-bond acceptors (Lipinski definition) is 3. The lowest BCUT2D eigenvalue weighted by Crippen LogP contribution is -2.01. The summed E-state index contributed by atoms with van der Waals surface area (Å²) in [7, 11) is 1.40. The Morgan fingerprint density at radius 3 is 3.00 bits per heavy atom. The molecule has 0 atom stereocenters. The highest BCUT2D eigenvalue weighted by Crippen LogP contribution is 2.25. The number of benzene rings is 1. The Labute approximate surface area is 105 Å². The van der Waals surface area contributed by atoms with Crippen molar-refractivity contribution in [1.82, 2.24) is 4.98 Å². The van der Waals surface area contributed by atoms with Gasteiger partial charge in [0, 0.05) is 17.3 Å². The molecule has 3 nitrogen and oxygen atoms in total. The van der Waals surface area contributed by atoms with Gasteiger partial charge in [0.2, 0.25) is 0 Å². The normalized spacial score (nSPS) is 10.7. The Morgan fingerprint density at radius 1 is 1.47 bits per heavy atom. The van der Waals surface area contributed by atoms with Crippen molar-refractivity contribution in [3.63, 3.8) is 0 Å². The summed E-state index contributed by atoms with van der Waals surface area (Å²) in [5.41, 5.74) is 2.70. The Kier molecular flexibility index (Phi) is 3.74. The van der Waals surface area contributed by atoms with E-state index in [1.54, 1.807) is 6.07 Å². The fourth-order valence-corrected chi connectivity index (χ4v) is 2.49. The van der Waals surface area contributed by atoms with Crippen molar-refractivity contribution < 1.29 is 9.53 Å². The monoisotopic (exact) mass is 249 g/mol. The first-order valence-electron chi connectivity index (χ1n) is 5.53. The maximum absolute atomic E-state index is 11.6. The second kappa shape index (κ2) is 5.27. The summed E-state index contributed by atoms with van der Waals surface area (Å²) in [5.74, 6) is 1.75. The van der Waals surface area contributed by atoms with Crippen LogP contribution in [0, 0.1) is 0 Å². The molecule has 90 valence electrons. The third kappa shape index (κ3) is 2.31. The standard InChI is InChI=1S/C13H15NO2S/c1-3-17-8-9-7-14-12-10(9)5-4-6-11(12)13(15)16-2/h4-7,14H,3,8H2,1-2H3. The van der Waals surface area contributed by atoms with Gasteiger partial charge >= 0.3 is 5.97 Å². The molecule has 0 spiro atoms. The molecule has 0 radical (unpaired) electrons. The first-order chi connectivity index (χ1) is 8.27. The third-order valence-corrected chi connectivity index (χ3v) is 3.59. The van der Waals surface area contributed by atoms with Gasteiger partial charge in [-0.25, -0.2) is 4.79 Å². The number of aromatic amines is 1. The van der Waals surface area contributed by atoms with Gasteiger partial charge in [-0.15, -0.1) is 0 Å². The molecule has 4 heteroatoms. The molecule has 0 bridgehead atoms. The molecule has 1 heterocycles. The number of carbonyl (C=O) groups is 1. The quantitative estimate of drug-likeness (QED) is 0.846. The van der Waals surface area contributed by atoms with Crippen LogP contribution in [-0.4, -0.2) is 23.8 Å². The fraction of sp³-hybridized carbons (Fsp3) is 0.308. The van der Waals surface area contributed by atoms with E-state index in [4.69, 9.17) is 4.74 Å². The average Bonchev–Trinajstić information content (AvgIpc) is 2.78. The van der Waals surface area contributed by atoms with Crippen LogP contribution in [0.15, 0.2) is 24.4 Å². The fourth-order valence-electron chi connectivity index (χ4n) is 1.82. The topological polar surface area (TPSA) is 42.1 Å². The minimum absolute atomic E-state index is 0.299. The molecule has 1 N–H and O–H groups in total. The molecule has 0 aliphatic heterocycles. The van der Waals surface area contributed by atoms with E-state index < -0.39 is 0 Å². The van der Waals surface area contributed by atoms with E-state index in [9.17, 15) is 4.79 Å². The number of hydrogen-bond donors (Lipinski definition) is 1. The van der Waals surface area contributed by atoms with Gasteiger partial charge in [-0.3, -0.25) is 0 Å². The van der Waals surface area contributed by atoms with Crippen molar-refractivity contribution in [2.45, 2.75) is 12.7 Å². The summed E-state index contributed by atoms with van der Waals surface area (Å²) >= 11 is 1.86. The third-order valence-electron chi connectivity index (χ3n) is 2.67. The van der Waals surface area contributed by atoms with Crippen LogP contribution in [0.25, 0.3) is 10.9 Å². The molecule has 0 aliphatic carbocycles. The number of carbonyl (C=O) groups excluding carboxylic acids is 1. The van der Waals surface area contributed by atoms with Gasteiger partial charge in [-0.05, 0) is 17.4 Å². The van der Waals surface area contributed by atoms with Gasteiger partial charge in [0.05, 0.1) is 18.2 Å². The van der Waals surface area contributed by atoms with Crippen LogP contribution in [0.3, 0.4) is 0 Å². The number of ether oxygens (including phenoxy) is 1. The second-order valence-electron chi connectivity index (χ2n) is 3.67. The number of H-pyrrole nitrogens is 1. The van der Waals surface area contributed by atoms with E-state index in [0.717, 1.165) is 22.4 Å². The van der Waals surface area contributed by atoms with Crippen LogP contribution in [0.4, 0.5) is 0 Å². The molecular formula is C13H15NO2S. The second-order valence-corrected chi connectivity index (χ2v) is 4.95. The van der Waals surface area contributed by atoms with Crippen LogP contribution in [0.2, 0.25) is 0 Å². The molecule has 0 saturated carbocycles. The van der Waals surface area contributed by atoms with Crippen LogP contribution in [0.5, 0.6) is 0 Å². The first kappa shape index (κ1) is 12.0. The zero-order valence-corrected chi connectivity index (χ0v) is 10.8. The van der Waals surface area contributed by atoms with Gasteiger partial charge in [-0.1, -0.05) is 19.1 Å². The van der Waals surface area contributed by atoms with E-state index in [1.165, 1.54) is 12.7 Å². The van der Waals surface area contributed by atoms with Crippen molar-refractivity contribution in [3.8, 4) is 0 Å². The Bertz CT molecular complexity index is 533. The van der Waals surface area contributed by atoms with E-state index >= 15 is 0 Å². The van der Waals surface area contributed by atoms with Crippen LogP contribution >= 0.6 is 11.8 Å². The first-order valence-corrected chi connectivity index (χ1v) is 6.68. The van der Waals surface area contributed by atoms with Gasteiger partial charge in [0.15, 0.2) is 0 Å². The predicted octanol–water partition coefficient (Wildman–Crippen LogP) is 3.21. The lowest BCUT2D eigenvalue weighted by atomic mass is 10.1. The van der Waals surface area contributed by atoms with Crippen molar-refractivity contribution in [1.29, 1.82) is 0 Å². The average molecular weight is 249 g/mol. The molecule has 0 amide bonds. The molecule has 0 fully saturated rings. The Balaban J connectivity index is 2.45. The van der Waals surface area contributed by atoms with E-state index in [1.807, 2.05) is 30.1 Å². The van der Waals surface area contributed by atoms with E-state index in [2.05, 4.69) is 11.9 Å². The number of fused-ring (bicyclic) bond motifs is 1. The molecule has 0 aliphatic rings. The highest BCUT2D eigenvalue weighted by atomic mass is 32.2. The smallest absolute Gasteiger partial charge is 0.339 e. The van der Waals surface area contributed by atoms with Crippen molar-refractivity contribution in [2.24, 2.45) is 0 Å². The zero-order valence-electron chi connectivity index (χ0n) is 9.95. The molecular weight excluding hydrogens is 234 g/mol. The number of aromatic nitrogens is 1. The van der Waals surface area contributed by atoms with E-state index in [0.29, 0.717) is 5.56 Å². The number of methoxy groups -OCH3 is 1. The van der Waals surface area contributed by atoms with Gasteiger partial charge in [0.25, 0.3) is 0 Å². The summed E-state index contributed by atoms with van der Waals surface area (Å²) < 4.78 is 4.77. The summed E-state index contributed by atoms with van der Waals surface area (Å²) in [5, 5.41) is 1.11. The summed E-state index contributed by atoms with van der Waals surface area (Å²) in [6.45, 7) is 2.14. The molecule has 2 aromatic rings. The van der Waals surface area contributed by atoms with Gasteiger partial charge < -0.3 is 9.72 Å². The number of thioether (sulfide) groups is 1. The lowest BCUT2D eigenvalue weighted by Gasteiger charge is -2.01. The van der Waals surface area contributed by atoms with Crippen LogP contribution < -0.4 is 0 Å². The Hall–Kier alpha value is -1.42. The lowest BCUT2D eigenvalue weighted by molar-refractivity contribution is 0.0603. The maximum Gasteiger partial charge on any atom is 0.339 e. The minimum Gasteiger partial charge on any atom is -0.465 e. The predicted molar refractivity (Wildman–Crippen MR) is 71.5 cm³/mol. The highest BCUT2D eigenvalue weighted by molar-refractivity contribution is 7.98. The minimum atomic E-state index is -0.299. The molecule has 2 rings (SSSR count). The van der Waals surface area contributed by atoms with E-state index in [-0.39, 0.29) is 5.97 Å². The molecule has 17 heavy (non-hydrogen) atoms. The molecule has 0 unspecified atom stereocenters. The number of nitrogens with one attached hydrogen (secondary N) is 1. The molecule has 1 aromatic carbocycles. The van der Waals surface area contributed by atoms with Crippen molar-refractivity contribution >= 4 is 28.6 Å². The summed E-state index contributed by atoms with van der Waals surface area (Å²) in [6.07, 6.45) is 1.97. The number of esters is 1. The molecule has 1 aromatic heterocycles. The van der Waals surface area contributed by atoms with Gasteiger partial charge in [-0.2, -0.15) is 11.8 Å². The summed E-state index contributed by atoms with van der Waals surface area (Å²) in [4.78, 5) is 14.8. The zero-order chi connectivity index (χ0) is 12.3. The number of para-hydroxylation sites is 1. The number of rotatable bonds is 4. The van der Waals surface area contributed by atoms with Crippen molar-refractivity contribution in [3.05, 3.63) is 35.5 Å². The molecule has 0 saturated heterocycles. The Morgan fingerprint density at radius 2 is 2.29 bits per heavy atom.